The third-order valence-corrected chi connectivity index (χ3v) is 3.63. The first-order chi connectivity index (χ1) is 7.59. The quantitative estimate of drug-likeness (QED) is 0.700. The van der Waals surface area contributed by atoms with Gasteiger partial charge in [0.25, 0.3) is 0 Å². The molecular weight excluding hydrogens is 210 g/mol. The fourth-order valence-electron chi connectivity index (χ4n) is 2.73. The molecule has 1 heterocycles. The fraction of sp³-hybridized carbons (Fsp3) is 0.818. The molecule has 1 saturated carbocycles. The summed E-state index contributed by atoms with van der Waals surface area (Å²) in [7, 11) is 0. The molecule has 5 heteroatoms. The number of rotatable bonds is 2. The average Bonchev–Trinajstić information content (AvgIpc) is 2.84. The Morgan fingerprint density at radius 3 is 2.38 bits per heavy atom. The Kier molecular flexibility index (Phi) is 3.14. The highest BCUT2D eigenvalue weighted by atomic mass is 16.4. The number of aliphatic carboxylic acids is 1. The van der Waals surface area contributed by atoms with E-state index < -0.39 is 18.0 Å². The zero-order valence-electron chi connectivity index (χ0n) is 9.13. The summed E-state index contributed by atoms with van der Waals surface area (Å²) >= 11 is 0. The van der Waals surface area contributed by atoms with Gasteiger partial charge in [0, 0.05) is 13.1 Å². The maximum atomic E-state index is 12.1. The van der Waals surface area contributed by atoms with E-state index in [1.54, 1.807) is 4.90 Å². The first-order valence-electron chi connectivity index (χ1n) is 5.79. The Balaban J connectivity index is 2.01. The third-order valence-electron chi connectivity index (χ3n) is 3.63. The van der Waals surface area contributed by atoms with E-state index in [0.29, 0.717) is 32.4 Å². The second-order valence-electron chi connectivity index (χ2n) is 4.71. The van der Waals surface area contributed by atoms with Crippen molar-refractivity contribution in [2.45, 2.75) is 31.8 Å². The van der Waals surface area contributed by atoms with Gasteiger partial charge in [0.1, 0.15) is 0 Å². The number of carboxylic acids is 1. The van der Waals surface area contributed by atoms with Crippen LogP contribution in [0.3, 0.4) is 0 Å². The minimum absolute atomic E-state index is 0.0820. The largest absolute Gasteiger partial charge is 0.481 e. The SMILES string of the molecule is O=C(O)C1CCCC1C(=O)N1CC[C@H](O)C1. The molecule has 1 aliphatic carbocycles. The lowest BCUT2D eigenvalue weighted by Crippen LogP contribution is -2.38. The van der Waals surface area contributed by atoms with Crippen molar-refractivity contribution in [2.75, 3.05) is 13.1 Å². The molecule has 5 nitrogen and oxygen atoms in total. The highest BCUT2D eigenvalue weighted by Gasteiger charge is 2.40. The van der Waals surface area contributed by atoms with Gasteiger partial charge in [0.2, 0.25) is 5.91 Å². The number of nitrogens with zero attached hydrogens (tertiary/aromatic N) is 1. The Morgan fingerprint density at radius 2 is 1.81 bits per heavy atom. The van der Waals surface area contributed by atoms with Crippen LogP contribution in [-0.4, -0.2) is 46.2 Å². The molecule has 2 rings (SSSR count). The molecule has 90 valence electrons. The monoisotopic (exact) mass is 227 g/mol. The lowest BCUT2D eigenvalue weighted by atomic mass is 9.95. The molecule has 2 N–H and O–H groups in total. The molecule has 0 aromatic rings. The van der Waals surface area contributed by atoms with Crippen molar-refractivity contribution >= 4 is 11.9 Å². The summed E-state index contributed by atoms with van der Waals surface area (Å²) in [6.07, 6.45) is 2.25. The molecule has 0 aromatic carbocycles. The number of carbonyl (C=O) groups excluding carboxylic acids is 1. The normalized spacial score (nSPS) is 34.3. The predicted octanol–water partition coefficient (Wildman–Crippen LogP) is 0.0805. The number of carboxylic acid groups (broad SMARTS) is 1. The second kappa shape index (κ2) is 4.41. The summed E-state index contributed by atoms with van der Waals surface area (Å²) in [6.45, 7) is 0.921. The van der Waals surface area contributed by atoms with Crippen molar-refractivity contribution in [1.82, 2.24) is 4.90 Å². The van der Waals surface area contributed by atoms with E-state index in [-0.39, 0.29) is 11.8 Å². The van der Waals surface area contributed by atoms with Gasteiger partial charge in [-0.25, -0.2) is 0 Å². The van der Waals surface area contributed by atoms with Crippen LogP contribution in [0.25, 0.3) is 0 Å². The third kappa shape index (κ3) is 2.04. The van der Waals surface area contributed by atoms with E-state index in [4.69, 9.17) is 5.11 Å². The zero-order chi connectivity index (χ0) is 11.7. The van der Waals surface area contributed by atoms with Crippen LogP contribution in [0.15, 0.2) is 0 Å². The lowest BCUT2D eigenvalue weighted by Gasteiger charge is -2.22. The van der Waals surface area contributed by atoms with Crippen LogP contribution in [0.2, 0.25) is 0 Å². The van der Waals surface area contributed by atoms with Crippen molar-refractivity contribution in [1.29, 1.82) is 0 Å². The molecule has 1 amide bonds. The van der Waals surface area contributed by atoms with Gasteiger partial charge in [0.05, 0.1) is 17.9 Å². The van der Waals surface area contributed by atoms with Crippen molar-refractivity contribution < 1.29 is 19.8 Å². The molecule has 3 atom stereocenters. The second-order valence-corrected chi connectivity index (χ2v) is 4.71. The number of hydrogen-bond acceptors (Lipinski definition) is 3. The first kappa shape index (κ1) is 11.4. The van der Waals surface area contributed by atoms with Crippen molar-refractivity contribution in [3.05, 3.63) is 0 Å². The number of likely N-dealkylation sites (tertiary alicyclic amines) is 1. The van der Waals surface area contributed by atoms with E-state index >= 15 is 0 Å². The van der Waals surface area contributed by atoms with Crippen LogP contribution in [0, 0.1) is 11.8 Å². The summed E-state index contributed by atoms with van der Waals surface area (Å²) < 4.78 is 0. The highest BCUT2D eigenvalue weighted by molar-refractivity contribution is 5.85. The Hall–Kier alpha value is -1.10. The van der Waals surface area contributed by atoms with Gasteiger partial charge in [-0.15, -0.1) is 0 Å². The Labute approximate surface area is 94.0 Å². The first-order valence-corrected chi connectivity index (χ1v) is 5.79. The average molecular weight is 227 g/mol. The summed E-state index contributed by atoms with van der Waals surface area (Å²) in [5, 5.41) is 18.4. The Morgan fingerprint density at radius 1 is 1.12 bits per heavy atom. The number of aliphatic hydroxyl groups excluding tert-OH is 1. The van der Waals surface area contributed by atoms with E-state index in [1.165, 1.54) is 0 Å². The van der Waals surface area contributed by atoms with Crippen LogP contribution >= 0.6 is 0 Å². The van der Waals surface area contributed by atoms with E-state index in [1.807, 2.05) is 0 Å². The molecule has 0 radical (unpaired) electrons. The maximum Gasteiger partial charge on any atom is 0.307 e. The predicted molar refractivity (Wildman–Crippen MR) is 55.7 cm³/mol. The maximum absolute atomic E-state index is 12.1. The minimum atomic E-state index is -0.865. The molecule has 2 unspecified atom stereocenters. The van der Waals surface area contributed by atoms with Gasteiger partial charge in [0.15, 0.2) is 0 Å². The molecule has 0 bridgehead atoms. The lowest BCUT2D eigenvalue weighted by molar-refractivity contribution is -0.148. The number of carbonyl (C=O) groups is 2. The number of hydrogen-bond donors (Lipinski definition) is 2. The van der Waals surface area contributed by atoms with Crippen LogP contribution in [0.4, 0.5) is 0 Å². The molecule has 1 aliphatic heterocycles. The molecule has 0 spiro atoms. The molecular formula is C11H17NO4. The fourth-order valence-corrected chi connectivity index (χ4v) is 2.73. The molecule has 1 saturated heterocycles. The molecule has 16 heavy (non-hydrogen) atoms. The number of β-amino-alcohol motifs (C(OH)–C–C–N with tert-alkyl or cyclic N) is 1. The van der Waals surface area contributed by atoms with Crippen molar-refractivity contribution in [3.8, 4) is 0 Å². The topological polar surface area (TPSA) is 77.8 Å². The molecule has 2 aliphatic rings. The van der Waals surface area contributed by atoms with Gasteiger partial charge in [-0.3, -0.25) is 9.59 Å². The van der Waals surface area contributed by atoms with Gasteiger partial charge in [-0.1, -0.05) is 6.42 Å². The zero-order valence-corrected chi connectivity index (χ0v) is 9.13. The van der Waals surface area contributed by atoms with Gasteiger partial charge in [-0.2, -0.15) is 0 Å². The standard InChI is InChI=1S/C11H17NO4/c13-7-4-5-12(6-7)10(14)8-2-1-3-9(8)11(15)16/h7-9,13H,1-6H2,(H,15,16)/t7-,8?,9?/m0/s1. The molecule has 0 aromatic heterocycles. The summed E-state index contributed by atoms with van der Waals surface area (Å²) in [4.78, 5) is 24.6. The van der Waals surface area contributed by atoms with E-state index in [9.17, 15) is 14.7 Å². The summed E-state index contributed by atoms with van der Waals surface area (Å²) in [5.41, 5.74) is 0. The summed E-state index contributed by atoms with van der Waals surface area (Å²) in [5.74, 6) is -1.84. The van der Waals surface area contributed by atoms with Gasteiger partial charge in [-0.05, 0) is 19.3 Å². The van der Waals surface area contributed by atoms with Crippen molar-refractivity contribution in [2.24, 2.45) is 11.8 Å². The van der Waals surface area contributed by atoms with Crippen LogP contribution in [0.1, 0.15) is 25.7 Å². The smallest absolute Gasteiger partial charge is 0.307 e. The van der Waals surface area contributed by atoms with Crippen LogP contribution in [0.5, 0.6) is 0 Å². The Bertz CT molecular complexity index is 304. The number of aliphatic hydroxyl groups is 1. The van der Waals surface area contributed by atoms with Crippen LogP contribution in [-0.2, 0) is 9.59 Å². The van der Waals surface area contributed by atoms with Gasteiger partial charge < -0.3 is 15.1 Å². The summed E-state index contributed by atoms with van der Waals surface area (Å²) in [6, 6.07) is 0. The van der Waals surface area contributed by atoms with Gasteiger partial charge >= 0.3 is 5.97 Å². The highest BCUT2D eigenvalue weighted by Crippen LogP contribution is 2.34. The van der Waals surface area contributed by atoms with E-state index in [2.05, 4.69) is 0 Å². The molecule has 2 fully saturated rings. The number of amides is 1. The minimum Gasteiger partial charge on any atom is -0.481 e. The van der Waals surface area contributed by atoms with Crippen molar-refractivity contribution in [3.63, 3.8) is 0 Å². The van der Waals surface area contributed by atoms with E-state index in [0.717, 1.165) is 6.42 Å². The van der Waals surface area contributed by atoms with Crippen LogP contribution < -0.4 is 0 Å².